The Labute approximate surface area is 150 Å². The lowest BCUT2D eigenvalue weighted by Gasteiger charge is -2.40. The normalized spacial score (nSPS) is 17.4. The zero-order valence-electron chi connectivity index (χ0n) is 14.3. The van der Waals surface area contributed by atoms with Crippen LogP contribution in [0.25, 0.3) is 0 Å². The molecule has 3 aromatic rings. The highest BCUT2D eigenvalue weighted by atomic mass is 32.2. The number of nitrogens with zero attached hydrogens (tertiary/aromatic N) is 4. The molecule has 25 heavy (non-hydrogen) atoms. The Hall–Kier alpha value is -2.25. The summed E-state index contributed by atoms with van der Waals surface area (Å²) in [6.45, 7) is 1.88. The van der Waals surface area contributed by atoms with Crippen LogP contribution in [0.2, 0.25) is 0 Å². The zero-order valence-corrected chi connectivity index (χ0v) is 15.1. The molecule has 4 rings (SSSR count). The molecule has 1 fully saturated rings. The lowest BCUT2D eigenvalue weighted by atomic mass is 9.94. The third kappa shape index (κ3) is 3.43. The van der Waals surface area contributed by atoms with E-state index in [1.54, 1.807) is 13.4 Å². The molecule has 0 aliphatic carbocycles. The topological polar surface area (TPSA) is 56.3 Å². The molecule has 7 heteroatoms. The van der Waals surface area contributed by atoms with Crippen molar-refractivity contribution in [1.29, 1.82) is 0 Å². The van der Waals surface area contributed by atoms with Gasteiger partial charge in [-0.1, -0.05) is 12.1 Å². The fraction of sp³-hybridized carbons (Fsp3) is 0.333. The Bertz CT molecular complexity index is 860. The van der Waals surface area contributed by atoms with Crippen molar-refractivity contribution in [3.05, 3.63) is 54.0 Å². The van der Waals surface area contributed by atoms with Gasteiger partial charge in [-0.3, -0.25) is 4.90 Å². The van der Waals surface area contributed by atoms with E-state index in [9.17, 15) is 0 Å². The van der Waals surface area contributed by atoms with Crippen molar-refractivity contribution >= 4 is 11.8 Å². The molecule has 0 spiro atoms. The van der Waals surface area contributed by atoms with Crippen molar-refractivity contribution < 1.29 is 9.15 Å². The van der Waals surface area contributed by atoms with E-state index in [0.717, 1.165) is 41.3 Å². The summed E-state index contributed by atoms with van der Waals surface area (Å²) in [4.78, 5) is 2.42. The van der Waals surface area contributed by atoms with Crippen LogP contribution < -0.4 is 4.74 Å². The number of likely N-dealkylation sites (tertiary alicyclic amines) is 1. The molecule has 3 heterocycles. The molecule has 0 bridgehead atoms. The molecule has 1 saturated heterocycles. The summed E-state index contributed by atoms with van der Waals surface area (Å²) < 4.78 is 13.2. The molecule has 0 amide bonds. The molecular weight excluding hydrogens is 336 g/mol. The summed E-state index contributed by atoms with van der Waals surface area (Å²) in [5.41, 5.74) is 1.30. The number of ether oxygens (including phenoxy) is 1. The highest BCUT2D eigenvalue weighted by molar-refractivity contribution is 7.99. The second-order valence-electron chi connectivity index (χ2n) is 6.10. The molecule has 0 radical (unpaired) electrons. The molecule has 2 aromatic heterocycles. The average Bonchev–Trinajstić information content (AvgIpc) is 3.22. The summed E-state index contributed by atoms with van der Waals surface area (Å²) in [5.74, 6) is 1.88. The van der Waals surface area contributed by atoms with E-state index < -0.39 is 0 Å². The molecule has 1 aliphatic heterocycles. The van der Waals surface area contributed by atoms with Gasteiger partial charge in [0.1, 0.15) is 17.8 Å². The number of furan rings is 1. The Morgan fingerprint density at radius 1 is 1.32 bits per heavy atom. The minimum Gasteiger partial charge on any atom is -0.497 e. The summed E-state index contributed by atoms with van der Waals surface area (Å²) >= 11 is 1.48. The minimum absolute atomic E-state index is 0.426. The number of aryl methyl sites for hydroxylation is 1. The van der Waals surface area contributed by atoms with Gasteiger partial charge in [-0.25, -0.2) is 0 Å². The Morgan fingerprint density at radius 2 is 2.24 bits per heavy atom. The van der Waals surface area contributed by atoms with Gasteiger partial charge >= 0.3 is 0 Å². The summed E-state index contributed by atoms with van der Waals surface area (Å²) in [5, 5.41) is 9.61. The second kappa shape index (κ2) is 6.93. The predicted molar refractivity (Wildman–Crippen MR) is 94.6 cm³/mol. The summed E-state index contributed by atoms with van der Waals surface area (Å²) in [7, 11) is 3.63. The quantitative estimate of drug-likeness (QED) is 0.674. The van der Waals surface area contributed by atoms with Crippen molar-refractivity contribution in [2.75, 3.05) is 13.7 Å². The van der Waals surface area contributed by atoms with Gasteiger partial charge < -0.3 is 13.7 Å². The number of benzene rings is 1. The van der Waals surface area contributed by atoms with Crippen LogP contribution in [0.1, 0.15) is 23.8 Å². The van der Waals surface area contributed by atoms with Crippen LogP contribution in [-0.2, 0) is 13.6 Å². The fourth-order valence-corrected chi connectivity index (χ4v) is 3.75. The van der Waals surface area contributed by atoms with Gasteiger partial charge in [-0.15, -0.1) is 10.2 Å². The predicted octanol–water partition coefficient (Wildman–Crippen LogP) is 3.51. The summed E-state index contributed by atoms with van der Waals surface area (Å²) in [6.07, 6.45) is 2.85. The number of aromatic nitrogens is 3. The molecule has 1 atom stereocenters. The molecule has 6 nitrogen and oxygen atoms in total. The van der Waals surface area contributed by atoms with Gasteiger partial charge in [0.15, 0.2) is 10.2 Å². The number of rotatable bonds is 6. The Morgan fingerprint density at radius 3 is 2.96 bits per heavy atom. The van der Waals surface area contributed by atoms with Crippen molar-refractivity contribution in [2.24, 2.45) is 7.05 Å². The van der Waals surface area contributed by atoms with Crippen LogP contribution in [0.4, 0.5) is 0 Å². The first-order valence-electron chi connectivity index (χ1n) is 8.21. The lowest BCUT2D eigenvalue weighted by Crippen LogP contribution is -2.40. The van der Waals surface area contributed by atoms with Crippen LogP contribution in [0, 0.1) is 0 Å². The number of methoxy groups -OCH3 is 1. The largest absolute Gasteiger partial charge is 0.497 e. The Balaban J connectivity index is 1.41. The van der Waals surface area contributed by atoms with Crippen molar-refractivity contribution in [3.63, 3.8) is 0 Å². The van der Waals surface area contributed by atoms with E-state index >= 15 is 0 Å². The van der Waals surface area contributed by atoms with Gasteiger partial charge in [0, 0.05) is 19.6 Å². The van der Waals surface area contributed by atoms with Crippen molar-refractivity contribution in [3.8, 4) is 5.75 Å². The Kier molecular flexibility index (Phi) is 4.50. The maximum Gasteiger partial charge on any atom is 0.198 e. The third-order valence-electron chi connectivity index (χ3n) is 4.47. The van der Waals surface area contributed by atoms with Gasteiger partial charge in [0.25, 0.3) is 0 Å². The molecule has 1 aromatic carbocycles. The first-order valence-corrected chi connectivity index (χ1v) is 9.03. The second-order valence-corrected chi connectivity index (χ2v) is 7.07. The maximum atomic E-state index is 5.96. The molecule has 0 N–H and O–H groups in total. The number of hydrogen-bond donors (Lipinski definition) is 0. The van der Waals surface area contributed by atoms with E-state index in [-0.39, 0.29) is 0 Å². The molecule has 130 valence electrons. The van der Waals surface area contributed by atoms with E-state index in [4.69, 9.17) is 9.15 Å². The smallest absolute Gasteiger partial charge is 0.198 e. The van der Waals surface area contributed by atoms with Gasteiger partial charge in [-0.05, 0) is 48.0 Å². The maximum absolute atomic E-state index is 5.96. The first-order chi connectivity index (χ1) is 12.2. The minimum atomic E-state index is 0.426. The molecular formula is C18H20N4O2S. The van der Waals surface area contributed by atoms with Crippen LogP contribution in [-0.4, -0.2) is 33.3 Å². The molecule has 0 saturated carbocycles. The standard InChI is InChI=1S/C18H20N4O2S/c1-21-12-19-20-18(21)25-17-7-6-15(24-17)11-22-9-8-16(22)13-4-3-5-14(10-13)23-2/h3-7,10,12,16H,8-9,11H2,1-2H3/t16-/m1/s1. The van der Waals surface area contributed by atoms with E-state index in [0.29, 0.717) is 6.04 Å². The first kappa shape index (κ1) is 16.2. The van der Waals surface area contributed by atoms with Gasteiger partial charge in [0.2, 0.25) is 0 Å². The number of hydrogen-bond acceptors (Lipinski definition) is 6. The van der Waals surface area contributed by atoms with Crippen LogP contribution >= 0.6 is 11.8 Å². The lowest BCUT2D eigenvalue weighted by molar-refractivity contribution is 0.0721. The average molecular weight is 356 g/mol. The van der Waals surface area contributed by atoms with Crippen molar-refractivity contribution in [1.82, 2.24) is 19.7 Å². The van der Waals surface area contributed by atoms with Crippen LogP contribution in [0.3, 0.4) is 0 Å². The third-order valence-corrected chi connectivity index (χ3v) is 5.44. The SMILES string of the molecule is COc1cccc([C@H]2CCN2Cc2ccc(Sc3nncn3C)o2)c1. The van der Waals surface area contributed by atoms with Crippen LogP contribution in [0.5, 0.6) is 5.75 Å². The fourth-order valence-electron chi connectivity index (χ4n) is 3.01. The van der Waals surface area contributed by atoms with E-state index in [1.807, 2.05) is 35.9 Å². The van der Waals surface area contributed by atoms with Crippen molar-refractivity contribution in [2.45, 2.75) is 29.3 Å². The zero-order chi connectivity index (χ0) is 17.2. The highest BCUT2D eigenvalue weighted by Gasteiger charge is 2.30. The monoisotopic (exact) mass is 356 g/mol. The summed E-state index contributed by atoms with van der Waals surface area (Å²) in [6, 6.07) is 12.8. The van der Waals surface area contributed by atoms with Gasteiger partial charge in [0.05, 0.1) is 13.7 Å². The molecule has 0 unspecified atom stereocenters. The highest BCUT2D eigenvalue weighted by Crippen LogP contribution is 2.36. The van der Waals surface area contributed by atoms with Gasteiger partial charge in [-0.2, -0.15) is 0 Å². The van der Waals surface area contributed by atoms with E-state index in [2.05, 4.69) is 27.2 Å². The van der Waals surface area contributed by atoms with Crippen LogP contribution in [0.15, 0.2) is 57.4 Å². The molecule has 1 aliphatic rings. The van der Waals surface area contributed by atoms with E-state index in [1.165, 1.54) is 17.3 Å².